The van der Waals surface area contributed by atoms with E-state index in [9.17, 15) is 24.0 Å². The van der Waals surface area contributed by atoms with Gasteiger partial charge in [0.15, 0.2) is 0 Å². The van der Waals surface area contributed by atoms with E-state index in [1.54, 1.807) is 14.7 Å². The van der Waals surface area contributed by atoms with E-state index in [4.69, 9.17) is 11.5 Å². The summed E-state index contributed by atoms with van der Waals surface area (Å²) in [4.78, 5) is 75.0. The van der Waals surface area contributed by atoms with E-state index in [2.05, 4.69) is 27.7 Å². The van der Waals surface area contributed by atoms with Gasteiger partial charge in [-0.25, -0.2) is 0 Å². The minimum atomic E-state index is -0.565. The van der Waals surface area contributed by atoms with Gasteiger partial charge in [0.25, 0.3) is 0 Å². The quantitative estimate of drug-likeness (QED) is 0.0580. The summed E-state index contributed by atoms with van der Waals surface area (Å²) >= 11 is 0. The summed E-state index contributed by atoms with van der Waals surface area (Å²) < 4.78 is 0. The predicted octanol–water partition coefficient (Wildman–Crippen LogP) is 11.5. The molecule has 0 spiro atoms. The Morgan fingerprint density at radius 2 is 0.531 bits per heavy atom. The first kappa shape index (κ1) is 61.3. The van der Waals surface area contributed by atoms with Crippen LogP contribution in [0, 0.1) is 0 Å². The Morgan fingerprint density at radius 3 is 0.781 bits per heavy atom. The second kappa shape index (κ2) is 45.5. The first-order valence-corrected chi connectivity index (χ1v) is 27.2. The zero-order valence-electron chi connectivity index (χ0n) is 42.6. The van der Waals surface area contributed by atoms with Crippen molar-refractivity contribution in [1.82, 2.24) is 19.6 Å². The summed E-state index contributed by atoms with van der Waals surface area (Å²) in [5, 5.41) is 0. The van der Waals surface area contributed by atoms with Gasteiger partial charge in [-0.05, 0) is 45.1 Å². The minimum Gasteiger partial charge on any atom is -0.368 e. The maximum atomic E-state index is 14.4. The number of primary amides is 1. The van der Waals surface area contributed by atoms with Crippen LogP contribution in [0.5, 0.6) is 0 Å². The lowest BCUT2D eigenvalue weighted by atomic mass is 10.1. The molecular weight excluding hydrogens is 801 g/mol. The van der Waals surface area contributed by atoms with E-state index in [1.807, 2.05) is 0 Å². The molecule has 0 heterocycles. The van der Waals surface area contributed by atoms with Gasteiger partial charge in [0.2, 0.25) is 29.5 Å². The van der Waals surface area contributed by atoms with Crippen molar-refractivity contribution in [1.29, 1.82) is 0 Å². The second-order valence-electron chi connectivity index (χ2n) is 18.9. The van der Waals surface area contributed by atoms with Crippen molar-refractivity contribution < 1.29 is 24.0 Å². The van der Waals surface area contributed by atoms with Crippen LogP contribution in [0.15, 0.2) is 0 Å². The third kappa shape index (κ3) is 36.5. The standard InChI is InChI=1S/C53H104N6O5/c1-5-9-13-17-21-25-29-35-41-56(45-49(55)60)51(62)47-58(43-37-31-27-23-19-15-11-7-3)53(64)48-59(44-38-32-28-24-20-16-12-8-4)52(63)46-57(50(61)39-33-34-40-54)42-36-30-26-22-18-14-10-6-2/h5-48,54H2,1-4H3,(H2,55,60). The molecule has 0 saturated carbocycles. The lowest BCUT2D eigenvalue weighted by Crippen LogP contribution is -2.50. The molecule has 0 aromatic rings. The molecular formula is C53H104N6O5. The third-order valence-electron chi connectivity index (χ3n) is 12.7. The smallest absolute Gasteiger partial charge is 0.242 e. The number of nitrogens with two attached hydrogens (primary N) is 2. The molecule has 5 amide bonds. The van der Waals surface area contributed by atoms with Crippen LogP contribution in [0.25, 0.3) is 0 Å². The molecule has 376 valence electrons. The van der Waals surface area contributed by atoms with Crippen molar-refractivity contribution >= 4 is 29.5 Å². The van der Waals surface area contributed by atoms with Crippen LogP contribution in [0.2, 0.25) is 0 Å². The summed E-state index contributed by atoms with van der Waals surface area (Å²) in [6.07, 6.45) is 37.6. The Kier molecular flexibility index (Phi) is 43.6. The van der Waals surface area contributed by atoms with Gasteiger partial charge >= 0.3 is 0 Å². The molecule has 0 aromatic heterocycles. The number of carbonyl (C=O) groups is 5. The highest BCUT2D eigenvalue weighted by Gasteiger charge is 2.27. The largest absolute Gasteiger partial charge is 0.368 e. The average molecular weight is 905 g/mol. The highest BCUT2D eigenvalue weighted by atomic mass is 16.2. The molecule has 11 heteroatoms. The van der Waals surface area contributed by atoms with Crippen molar-refractivity contribution in [2.24, 2.45) is 11.5 Å². The van der Waals surface area contributed by atoms with E-state index >= 15 is 0 Å². The van der Waals surface area contributed by atoms with E-state index in [-0.39, 0.29) is 49.8 Å². The molecule has 0 rings (SSSR count). The van der Waals surface area contributed by atoms with Crippen LogP contribution < -0.4 is 11.5 Å². The van der Waals surface area contributed by atoms with E-state index in [0.29, 0.717) is 45.6 Å². The van der Waals surface area contributed by atoms with Crippen molar-refractivity contribution in [3.63, 3.8) is 0 Å². The van der Waals surface area contributed by atoms with Crippen LogP contribution in [0.3, 0.4) is 0 Å². The SMILES string of the molecule is CCCCCCCCCCN(CC(N)=O)C(=O)CN(CCCCCCCCCC)C(=O)CN(CCCCCCCCCC)C(=O)CN(CCCCCCCCCC)C(=O)CCCCN. The summed E-state index contributed by atoms with van der Waals surface area (Å²) in [7, 11) is 0. The molecule has 11 nitrogen and oxygen atoms in total. The van der Waals surface area contributed by atoms with Gasteiger partial charge in [-0.2, -0.15) is 0 Å². The Bertz CT molecular complexity index is 1140. The Hall–Kier alpha value is -2.69. The van der Waals surface area contributed by atoms with E-state index < -0.39 is 5.91 Å². The van der Waals surface area contributed by atoms with Crippen LogP contribution in [-0.4, -0.2) is 108 Å². The fourth-order valence-electron chi connectivity index (χ4n) is 8.47. The number of hydrogen-bond donors (Lipinski definition) is 2. The molecule has 0 aliphatic rings. The van der Waals surface area contributed by atoms with Gasteiger partial charge in [0.05, 0.1) is 26.2 Å². The van der Waals surface area contributed by atoms with E-state index in [0.717, 1.165) is 103 Å². The zero-order valence-corrected chi connectivity index (χ0v) is 42.6. The molecule has 0 bridgehead atoms. The van der Waals surface area contributed by atoms with Crippen molar-refractivity contribution in [3.05, 3.63) is 0 Å². The van der Waals surface area contributed by atoms with Gasteiger partial charge in [0.1, 0.15) is 0 Å². The van der Waals surface area contributed by atoms with Gasteiger partial charge in [-0.1, -0.05) is 207 Å². The Morgan fingerprint density at radius 1 is 0.297 bits per heavy atom. The first-order valence-electron chi connectivity index (χ1n) is 27.2. The molecule has 0 aliphatic carbocycles. The predicted molar refractivity (Wildman–Crippen MR) is 269 cm³/mol. The molecule has 0 unspecified atom stereocenters. The van der Waals surface area contributed by atoms with Crippen LogP contribution in [0.1, 0.15) is 252 Å². The second-order valence-corrected chi connectivity index (χ2v) is 18.9. The van der Waals surface area contributed by atoms with E-state index in [1.165, 1.54) is 114 Å². The van der Waals surface area contributed by atoms with Gasteiger partial charge in [-0.15, -0.1) is 0 Å². The van der Waals surface area contributed by atoms with Gasteiger partial charge in [0, 0.05) is 32.6 Å². The van der Waals surface area contributed by atoms with Crippen molar-refractivity contribution in [2.75, 3.05) is 58.9 Å². The molecule has 0 aliphatic heterocycles. The van der Waals surface area contributed by atoms with Crippen LogP contribution in [0.4, 0.5) is 0 Å². The highest BCUT2D eigenvalue weighted by molar-refractivity contribution is 5.91. The fraction of sp³-hybridized carbons (Fsp3) is 0.906. The minimum absolute atomic E-state index is 0.0314. The summed E-state index contributed by atoms with van der Waals surface area (Å²) in [6.45, 7) is 10.7. The topological polar surface area (TPSA) is 150 Å². The maximum Gasteiger partial charge on any atom is 0.242 e. The summed E-state index contributed by atoms with van der Waals surface area (Å²) in [5.74, 6) is -1.36. The summed E-state index contributed by atoms with van der Waals surface area (Å²) in [6, 6.07) is 0. The zero-order chi connectivity index (χ0) is 47.3. The van der Waals surface area contributed by atoms with Crippen molar-refractivity contribution in [2.45, 2.75) is 252 Å². The lowest BCUT2D eigenvalue weighted by Gasteiger charge is -2.31. The molecule has 0 atom stereocenters. The molecule has 0 fully saturated rings. The Balaban J connectivity index is 6.15. The average Bonchev–Trinajstić information content (AvgIpc) is 3.27. The fourth-order valence-corrected chi connectivity index (χ4v) is 8.47. The highest BCUT2D eigenvalue weighted by Crippen LogP contribution is 2.15. The molecule has 0 saturated heterocycles. The van der Waals surface area contributed by atoms with Crippen LogP contribution >= 0.6 is 0 Å². The third-order valence-corrected chi connectivity index (χ3v) is 12.7. The molecule has 4 N–H and O–H groups in total. The number of amides is 5. The Labute approximate surface area is 394 Å². The first-order chi connectivity index (χ1) is 31.1. The number of nitrogens with zero attached hydrogens (tertiary/aromatic N) is 4. The molecule has 0 radical (unpaired) electrons. The number of hydrogen-bond acceptors (Lipinski definition) is 6. The number of unbranched alkanes of at least 4 members (excludes halogenated alkanes) is 29. The van der Waals surface area contributed by atoms with Crippen LogP contribution in [-0.2, 0) is 24.0 Å². The van der Waals surface area contributed by atoms with Gasteiger partial charge in [-0.3, -0.25) is 24.0 Å². The number of rotatable bonds is 48. The van der Waals surface area contributed by atoms with Gasteiger partial charge < -0.3 is 31.1 Å². The number of carbonyl (C=O) groups excluding carboxylic acids is 5. The maximum absolute atomic E-state index is 14.4. The lowest BCUT2D eigenvalue weighted by molar-refractivity contribution is -0.146. The molecule has 64 heavy (non-hydrogen) atoms. The van der Waals surface area contributed by atoms with Crippen molar-refractivity contribution in [3.8, 4) is 0 Å². The normalized spacial score (nSPS) is 11.2. The molecule has 0 aromatic carbocycles. The monoisotopic (exact) mass is 905 g/mol. The summed E-state index contributed by atoms with van der Waals surface area (Å²) in [5.41, 5.74) is 11.4.